The van der Waals surface area contributed by atoms with Crippen molar-refractivity contribution in [1.29, 1.82) is 0 Å². The minimum absolute atomic E-state index is 0.0765. The van der Waals surface area contributed by atoms with E-state index in [9.17, 15) is 22.8 Å². The van der Waals surface area contributed by atoms with E-state index < -0.39 is 35.4 Å². The van der Waals surface area contributed by atoms with Crippen LogP contribution in [0.1, 0.15) is 39.5 Å². The van der Waals surface area contributed by atoms with Crippen LogP contribution in [0.2, 0.25) is 0 Å². The van der Waals surface area contributed by atoms with Crippen LogP contribution in [-0.4, -0.2) is 26.5 Å². The van der Waals surface area contributed by atoms with E-state index in [0.717, 1.165) is 18.3 Å². The van der Waals surface area contributed by atoms with E-state index in [0.29, 0.717) is 0 Å². The van der Waals surface area contributed by atoms with Crippen LogP contribution in [0.4, 0.5) is 13.2 Å². The van der Waals surface area contributed by atoms with Crippen LogP contribution < -0.4 is 0 Å². The number of ketones is 2. The van der Waals surface area contributed by atoms with Gasteiger partial charge in [-0.1, -0.05) is 0 Å². The molecular weight excluding hydrogens is 299 g/mol. The smallest absolute Gasteiger partial charge is 0.292 e. The lowest BCUT2D eigenvalue weighted by Crippen LogP contribution is -2.16. The zero-order valence-electron chi connectivity index (χ0n) is 11.2. The second-order valence-electron chi connectivity index (χ2n) is 4.32. The van der Waals surface area contributed by atoms with E-state index in [1.165, 1.54) is 18.5 Å². The van der Waals surface area contributed by atoms with Crippen molar-refractivity contribution in [2.45, 2.75) is 19.0 Å². The van der Waals surface area contributed by atoms with Gasteiger partial charge in [-0.15, -0.1) is 0 Å². The Hall–Kier alpha value is -2.64. The van der Waals surface area contributed by atoms with Crippen molar-refractivity contribution in [2.75, 3.05) is 0 Å². The molecule has 0 radical (unpaired) electrons. The van der Waals surface area contributed by atoms with Crippen LogP contribution in [0, 0.1) is 0 Å². The molecule has 2 rings (SSSR count). The number of aromatic nitrogens is 3. The summed E-state index contributed by atoms with van der Waals surface area (Å²) in [6, 6.07) is 3.40. The highest BCUT2D eigenvalue weighted by molar-refractivity contribution is 6.00. The van der Waals surface area contributed by atoms with Gasteiger partial charge in [-0.2, -0.15) is 13.2 Å². The van der Waals surface area contributed by atoms with E-state index in [1.807, 2.05) is 0 Å². The van der Waals surface area contributed by atoms with E-state index in [1.54, 1.807) is 0 Å². The number of rotatable bonds is 5. The Morgan fingerprint density at radius 1 is 0.909 bits per heavy atom. The molecule has 8 heteroatoms. The number of pyridine rings is 1. The lowest BCUT2D eigenvalue weighted by Gasteiger charge is -2.10. The molecule has 0 aromatic carbocycles. The Morgan fingerprint density at radius 2 is 1.50 bits per heavy atom. The summed E-state index contributed by atoms with van der Waals surface area (Å²) >= 11 is 0. The molecule has 2 aromatic rings. The van der Waals surface area contributed by atoms with Gasteiger partial charge in [-0.3, -0.25) is 14.6 Å². The summed E-state index contributed by atoms with van der Waals surface area (Å²) in [5.41, 5.74) is -1.79. The van der Waals surface area contributed by atoms with Crippen LogP contribution >= 0.6 is 0 Å². The summed E-state index contributed by atoms with van der Waals surface area (Å²) in [5, 5.41) is 0. The summed E-state index contributed by atoms with van der Waals surface area (Å²) in [4.78, 5) is 34.6. The molecule has 0 saturated heterocycles. The summed E-state index contributed by atoms with van der Waals surface area (Å²) in [6.45, 7) is 0. The van der Waals surface area contributed by atoms with Gasteiger partial charge in [0.25, 0.3) is 0 Å². The van der Waals surface area contributed by atoms with Crippen LogP contribution in [0.5, 0.6) is 0 Å². The van der Waals surface area contributed by atoms with E-state index in [4.69, 9.17) is 0 Å². The standard InChI is InChI=1S/C14H10F3N3O2/c15-14(16,17)9-3-1-6-18-12(9)10(21)4-5-11(22)13-19-7-2-8-20-13/h1-3,6-8H,4-5H2. The highest BCUT2D eigenvalue weighted by Gasteiger charge is 2.35. The van der Waals surface area contributed by atoms with Gasteiger partial charge in [0, 0.05) is 31.4 Å². The molecule has 0 spiro atoms. The molecule has 0 unspecified atom stereocenters. The molecule has 114 valence electrons. The van der Waals surface area contributed by atoms with Gasteiger partial charge in [-0.25, -0.2) is 9.97 Å². The van der Waals surface area contributed by atoms with Crippen molar-refractivity contribution >= 4 is 11.6 Å². The Kier molecular flexibility index (Phi) is 4.59. The number of Topliss-reactive ketones (excluding diaryl/α,β-unsaturated/α-hetero) is 2. The first kappa shape index (κ1) is 15.7. The first-order chi connectivity index (χ1) is 10.4. The van der Waals surface area contributed by atoms with Gasteiger partial charge in [-0.05, 0) is 18.2 Å². The Morgan fingerprint density at radius 3 is 2.14 bits per heavy atom. The van der Waals surface area contributed by atoms with E-state index in [2.05, 4.69) is 15.0 Å². The normalized spacial score (nSPS) is 11.2. The third kappa shape index (κ3) is 3.72. The van der Waals surface area contributed by atoms with Crippen molar-refractivity contribution in [3.05, 3.63) is 53.9 Å². The molecule has 5 nitrogen and oxygen atoms in total. The molecule has 0 amide bonds. The topological polar surface area (TPSA) is 72.8 Å². The third-order valence-corrected chi connectivity index (χ3v) is 2.77. The number of hydrogen-bond acceptors (Lipinski definition) is 5. The predicted octanol–water partition coefficient (Wildman–Crippen LogP) is 2.74. The molecule has 2 heterocycles. The van der Waals surface area contributed by atoms with Gasteiger partial charge in [0.1, 0.15) is 5.69 Å². The zero-order chi connectivity index (χ0) is 16.2. The molecule has 2 aromatic heterocycles. The average molecular weight is 309 g/mol. The van der Waals surface area contributed by atoms with Gasteiger partial charge in [0.15, 0.2) is 17.4 Å². The summed E-state index contributed by atoms with van der Waals surface area (Å²) in [6.07, 6.45) is -1.52. The number of nitrogens with zero attached hydrogens (tertiary/aromatic N) is 3. The number of hydrogen-bond donors (Lipinski definition) is 0. The molecule has 0 aliphatic rings. The zero-order valence-corrected chi connectivity index (χ0v) is 11.2. The summed E-state index contributed by atoms with van der Waals surface area (Å²) in [5.74, 6) is -1.44. The molecule has 0 fully saturated rings. The number of halogens is 3. The molecule has 0 atom stereocenters. The van der Waals surface area contributed by atoms with Gasteiger partial charge >= 0.3 is 6.18 Å². The van der Waals surface area contributed by atoms with Gasteiger partial charge < -0.3 is 0 Å². The number of alkyl halides is 3. The minimum Gasteiger partial charge on any atom is -0.292 e. The largest absolute Gasteiger partial charge is 0.418 e. The Labute approximate surface area is 123 Å². The second kappa shape index (κ2) is 6.42. The molecule has 0 aliphatic carbocycles. The van der Waals surface area contributed by atoms with Crippen molar-refractivity contribution in [2.24, 2.45) is 0 Å². The highest BCUT2D eigenvalue weighted by atomic mass is 19.4. The van der Waals surface area contributed by atoms with Gasteiger partial charge in [0.2, 0.25) is 0 Å². The maximum absolute atomic E-state index is 12.8. The van der Waals surface area contributed by atoms with Crippen molar-refractivity contribution < 1.29 is 22.8 Å². The maximum Gasteiger partial charge on any atom is 0.418 e. The quantitative estimate of drug-likeness (QED) is 0.794. The fraction of sp³-hybridized carbons (Fsp3) is 0.214. The molecule has 0 N–H and O–H groups in total. The lowest BCUT2D eigenvalue weighted by atomic mass is 10.0. The fourth-order valence-corrected chi connectivity index (χ4v) is 1.76. The first-order valence-electron chi connectivity index (χ1n) is 6.25. The first-order valence-corrected chi connectivity index (χ1v) is 6.25. The Balaban J connectivity index is 2.09. The fourth-order valence-electron chi connectivity index (χ4n) is 1.76. The molecule has 0 bridgehead atoms. The van der Waals surface area contributed by atoms with Crippen LogP contribution in [0.25, 0.3) is 0 Å². The van der Waals surface area contributed by atoms with E-state index >= 15 is 0 Å². The van der Waals surface area contributed by atoms with Crippen LogP contribution in [0.3, 0.4) is 0 Å². The van der Waals surface area contributed by atoms with E-state index in [-0.39, 0.29) is 12.2 Å². The summed E-state index contributed by atoms with van der Waals surface area (Å²) in [7, 11) is 0. The minimum atomic E-state index is -4.67. The number of carbonyl (C=O) groups is 2. The summed E-state index contributed by atoms with van der Waals surface area (Å²) < 4.78 is 38.4. The average Bonchev–Trinajstić information content (AvgIpc) is 2.52. The van der Waals surface area contributed by atoms with Crippen molar-refractivity contribution in [1.82, 2.24) is 15.0 Å². The van der Waals surface area contributed by atoms with Crippen molar-refractivity contribution in [3.63, 3.8) is 0 Å². The maximum atomic E-state index is 12.8. The van der Waals surface area contributed by atoms with Gasteiger partial charge in [0.05, 0.1) is 5.56 Å². The monoisotopic (exact) mass is 309 g/mol. The molecule has 0 aliphatic heterocycles. The van der Waals surface area contributed by atoms with Crippen molar-refractivity contribution in [3.8, 4) is 0 Å². The molecule has 22 heavy (non-hydrogen) atoms. The third-order valence-electron chi connectivity index (χ3n) is 2.77. The molecular formula is C14H10F3N3O2. The van der Waals surface area contributed by atoms with Crippen LogP contribution in [-0.2, 0) is 6.18 Å². The highest BCUT2D eigenvalue weighted by Crippen LogP contribution is 2.31. The molecule has 0 saturated carbocycles. The van der Waals surface area contributed by atoms with Crippen LogP contribution in [0.15, 0.2) is 36.8 Å². The second-order valence-corrected chi connectivity index (χ2v) is 4.32. The predicted molar refractivity (Wildman–Crippen MR) is 69.2 cm³/mol. The lowest BCUT2D eigenvalue weighted by molar-refractivity contribution is -0.138. The Bertz CT molecular complexity index is 687. The number of carbonyl (C=O) groups excluding carboxylic acids is 2. The SMILES string of the molecule is O=C(CCC(=O)c1ncccc1C(F)(F)F)c1ncccn1.